The molecule has 0 bridgehead atoms. The number of hydrogen-bond acceptors (Lipinski definition) is 5. The second-order valence-electron chi connectivity index (χ2n) is 5.62. The van der Waals surface area contributed by atoms with Crippen LogP contribution in [-0.2, 0) is 22.3 Å². The second-order valence-corrected chi connectivity index (χ2v) is 5.62. The summed E-state index contributed by atoms with van der Waals surface area (Å²) in [7, 11) is 2.87. The summed E-state index contributed by atoms with van der Waals surface area (Å²) in [5, 5.41) is 2.46. The Morgan fingerprint density at radius 2 is 1.61 bits per heavy atom. The lowest BCUT2D eigenvalue weighted by molar-refractivity contribution is -0.137. The van der Waals surface area contributed by atoms with E-state index in [-0.39, 0.29) is 12.1 Å². The SMILES string of the molecule is COc1ccc(C(=O)OCC(=O)NCc2ccc(C(F)(F)F)cc2)cc1OC. The molecule has 1 N–H and O–H groups in total. The molecule has 0 heterocycles. The summed E-state index contributed by atoms with van der Waals surface area (Å²) >= 11 is 0. The maximum Gasteiger partial charge on any atom is 0.416 e. The Hall–Kier alpha value is -3.23. The molecule has 2 aromatic rings. The van der Waals surface area contributed by atoms with Crippen molar-refractivity contribution < 1.29 is 37.0 Å². The quantitative estimate of drug-likeness (QED) is 0.727. The number of rotatable bonds is 7. The first-order chi connectivity index (χ1) is 13.2. The van der Waals surface area contributed by atoms with E-state index in [1.807, 2.05) is 0 Å². The molecule has 0 atom stereocenters. The van der Waals surface area contributed by atoms with E-state index in [1.54, 1.807) is 0 Å². The second kappa shape index (κ2) is 9.12. The fourth-order valence-electron chi connectivity index (χ4n) is 2.24. The molecule has 0 aromatic heterocycles. The highest BCUT2D eigenvalue weighted by Gasteiger charge is 2.29. The van der Waals surface area contributed by atoms with Gasteiger partial charge in [-0.05, 0) is 35.9 Å². The molecule has 28 heavy (non-hydrogen) atoms. The summed E-state index contributed by atoms with van der Waals surface area (Å²) in [5.74, 6) is -0.545. The Labute approximate surface area is 159 Å². The molecule has 0 unspecified atom stereocenters. The minimum Gasteiger partial charge on any atom is -0.493 e. The van der Waals surface area contributed by atoms with Crippen LogP contribution in [0.3, 0.4) is 0 Å². The molecule has 0 aliphatic rings. The summed E-state index contributed by atoms with van der Waals surface area (Å²) in [5.41, 5.74) is -0.118. The first-order valence-corrected chi connectivity index (χ1v) is 8.06. The van der Waals surface area contributed by atoms with E-state index < -0.39 is 30.2 Å². The van der Waals surface area contributed by atoms with Crippen molar-refractivity contribution in [3.63, 3.8) is 0 Å². The van der Waals surface area contributed by atoms with Gasteiger partial charge in [-0.2, -0.15) is 13.2 Å². The number of nitrogens with one attached hydrogen (secondary N) is 1. The zero-order valence-electron chi connectivity index (χ0n) is 15.1. The predicted octanol–water partition coefficient (Wildman–Crippen LogP) is 3.20. The minimum atomic E-state index is -4.42. The lowest BCUT2D eigenvalue weighted by Crippen LogP contribution is -2.28. The smallest absolute Gasteiger partial charge is 0.416 e. The van der Waals surface area contributed by atoms with E-state index in [0.717, 1.165) is 12.1 Å². The van der Waals surface area contributed by atoms with Crippen LogP contribution in [0.2, 0.25) is 0 Å². The van der Waals surface area contributed by atoms with Crippen LogP contribution in [0.4, 0.5) is 13.2 Å². The van der Waals surface area contributed by atoms with Gasteiger partial charge in [0.1, 0.15) is 0 Å². The lowest BCUT2D eigenvalue weighted by atomic mass is 10.1. The van der Waals surface area contributed by atoms with Gasteiger partial charge >= 0.3 is 12.1 Å². The van der Waals surface area contributed by atoms with E-state index in [9.17, 15) is 22.8 Å². The zero-order valence-corrected chi connectivity index (χ0v) is 15.1. The van der Waals surface area contributed by atoms with Gasteiger partial charge in [0.2, 0.25) is 0 Å². The highest BCUT2D eigenvalue weighted by molar-refractivity contribution is 5.92. The summed E-state index contributed by atoms with van der Waals surface area (Å²) < 4.78 is 52.6. The van der Waals surface area contributed by atoms with Crippen LogP contribution in [0, 0.1) is 0 Å². The summed E-state index contributed by atoms with van der Waals surface area (Å²) in [6, 6.07) is 8.79. The van der Waals surface area contributed by atoms with Crippen molar-refractivity contribution in [2.75, 3.05) is 20.8 Å². The third kappa shape index (κ3) is 5.63. The number of alkyl halides is 3. The standard InChI is InChI=1S/C19H18F3NO5/c1-26-15-8-5-13(9-16(15)27-2)18(25)28-11-17(24)23-10-12-3-6-14(7-4-12)19(20,21)22/h3-9H,10-11H2,1-2H3,(H,23,24). The average molecular weight is 397 g/mol. The first-order valence-electron chi connectivity index (χ1n) is 8.06. The average Bonchev–Trinajstić information content (AvgIpc) is 2.69. The number of carbonyl (C=O) groups is 2. The molecule has 0 radical (unpaired) electrons. The van der Waals surface area contributed by atoms with E-state index in [2.05, 4.69) is 5.32 Å². The lowest BCUT2D eigenvalue weighted by Gasteiger charge is -2.10. The molecule has 150 valence electrons. The fourth-order valence-corrected chi connectivity index (χ4v) is 2.24. The normalized spacial score (nSPS) is 10.9. The highest BCUT2D eigenvalue weighted by atomic mass is 19.4. The molecule has 0 aliphatic heterocycles. The molecule has 0 fully saturated rings. The van der Waals surface area contributed by atoms with Gasteiger partial charge in [-0.15, -0.1) is 0 Å². The Bertz CT molecular complexity index is 834. The molecule has 9 heteroatoms. The van der Waals surface area contributed by atoms with Crippen molar-refractivity contribution >= 4 is 11.9 Å². The molecular formula is C19H18F3NO5. The van der Waals surface area contributed by atoms with Gasteiger partial charge in [-0.3, -0.25) is 4.79 Å². The van der Waals surface area contributed by atoms with Gasteiger partial charge in [0, 0.05) is 6.54 Å². The monoisotopic (exact) mass is 397 g/mol. The molecule has 1 amide bonds. The van der Waals surface area contributed by atoms with Crippen LogP contribution < -0.4 is 14.8 Å². The maximum absolute atomic E-state index is 12.5. The highest BCUT2D eigenvalue weighted by Crippen LogP contribution is 2.29. The van der Waals surface area contributed by atoms with Gasteiger partial charge in [-0.25, -0.2) is 4.79 Å². The van der Waals surface area contributed by atoms with Crippen molar-refractivity contribution in [2.45, 2.75) is 12.7 Å². The molecule has 0 aliphatic carbocycles. The molecule has 0 saturated heterocycles. The van der Waals surface area contributed by atoms with Crippen LogP contribution in [0.5, 0.6) is 11.5 Å². The Kier molecular flexibility index (Phi) is 6.86. The van der Waals surface area contributed by atoms with Gasteiger partial charge < -0.3 is 19.5 Å². The molecule has 6 nitrogen and oxygen atoms in total. The predicted molar refractivity (Wildman–Crippen MR) is 93.1 cm³/mol. The molecule has 0 spiro atoms. The first kappa shape index (κ1) is 21.1. The van der Waals surface area contributed by atoms with Crippen molar-refractivity contribution in [2.24, 2.45) is 0 Å². The van der Waals surface area contributed by atoms with Crippen LogP contribution in [0.25, 0.3) is 0 Å². The van der Waals surface area contributed by atoms with Crippen molar-refractivity contribution in [1.82, 2.24) is 5.32 Å². The molecular weight excluding hydrogens is 379 g/mol. The third-order valence-corrected chi connectivity index (χ3v) is 3.72. The van der Waals surface area contributed by atoms with Crippen LogP contribution in [0.15, 0.2) is 42.5 Å². The number of hydrogen-bond donors (Lipinski definition) is 1. The van der Waals surface area contributed by atoms with Crippen LogP contribution in [-0.4, -0.2) is 32.7 Å². The largest absolute Gasteiger partial charge is 0.493 e. The fraction of sp³-hybridized carbons (Fsp3) is 0.263. The number of benzene rings is 2. The van der Waals surface area contributed by atoms with E-state index in [0.29, 0.717) is 17.1 Å². The summed E-state index contributed by atoms with van der Waals surface area (Å²) in [6.45, 7) is -0.529. The number of amides is 1. The van der Waals surface area contributed by atoms with E-state index in [4.69, 9.17) is 14.2 Å². The number of methoxy groups -OCH3 is 2. The minimum absolute atomic E-state index is 0.00484. The van der Waals surface area contributed by atoms with E-state index in [1.165, 1.54) is 44.6 Å². The third-order valence-electron chi connectivity index (χ3n) is 3.72. The van der Waals surface area contributed by atoms with Gasteiger partial charge in [0.25, 0.3) is 5.91 Å². The Morgan fingerprint density at radius 3 is 2.18 bits per heavy atom. The Morgan fingerprint density at radius 1 is 0.964 bits per heavy atom. The van der Waals surface area contributed by atoms with E-state index >= 15 is 0 Å². The van der Waals surface area contributed by atoms with Crippen LogP contribution >= 0.6 is 0 Å². The molecule has 2 rings (SSSR count). The number of ether oxygens (including phenoxy) is 3. The summed E-state index contributed by atoms with van der Waals surface area (Å²) in [6.07, 6.45) is -4.42. The molecule has 2 aromatic carbocycles. The number of halogens is 3. The number of carbonyl (C=O) groups excluding carboxylic acids is 2. The van der Waals surface area contributed by atoms with Crippen molar-refractivity contribution in [3.05, 3.63) is 59.2 Å². The number of esters is 1. The van der Waals surface area contributed by atoms with Gasteiger partial charge in [0.05, 0.1) is 25.3 Å². The van der Waals surface area contributed by atoms with Crippen LogP contribution in [0.1, 0.15) is 21.5 Å². The Balaban J connectivity index is 1.84. The van der Waals surface area contributed by atoms with Crippen molar-refractivity contribution in [1.29, 1.82) is 0 Å². The zero-order chi connectivity index (χ0) is 20.7. The van der Waals surface area contributed by atoms with Crippen molar-refractivity contribution in [3.8, 4) is 11.5 Å². The maximum atomic E-state index is 12.5. The van der Waals surface area contributed by atoms with Gasteiger partial charge in [-0.1, -0.05) is 12.1 Å². The summed E-state index contributed by atoms with van der Waals surface area (Å²) in [4.78, 5) is 23.8. The van der Waals surface area contributed by atoms with Gasteiger partial charge in [0.15, 0.2) is 18.1 Å². The topological polar surface area (TPSA) is 73.9 Å². The molecule has 0 saturated carbocycles.